The normalized spacial score (nSPS) is 15.4. The van der Waals surface area contributed by atoms with Gasteiger partial charge in [-0.05, 0) is 31.5 Å². The Kier molecular flexibility index (Phi) is 4.23. The van der Waals surface area contributed by atoms with E-state index in [-0.39, 0.29) is 0 Å². The molecule has 0 saturated heterocycles. The second kappa shape index (κ2) is 6.50. The van der Waals surface area contributed by atoms with Crippen LogP contribution in [0, 0.1) is 22.7 Å². The molecule has 7 heteroatoms. The minimum absolute atomic E-state index is 0.400. The van der Waals surface area contributed by atoms with Gasteiger partial charge in [0.05, 0.1) is 46.6 Å². The predicted molar refractivity (Wildman–Crippen MR) is 93.2 cm³/mol. The molecule has 2 heterocycles. The summed E-state index contributed by atoms with van der Waals surface area (Å²) in [6.45, 7) is 3.69. The first kappa shape index (κ1) is 16.3. The number of nitriles is 2. The maximum atomic E-state index is 9.60. The summed E-state index contributed by atoms with van der Waals surface area (Å²) in [5.41, 5.74) is 4.93. The molecule has 0 fully saturated rings. The molecule has 0 atom stereocenters. The highest BCUT2D eigenvalue weighted by atomic mass is 16.6. The molecule has 25 heavy (non-hydrogen) atoms. The molecule has 124 valence electrons. The zero-order valence-corrected chi connectivity index (χ0v) is 14.1. The molecule has 0 amide bonds. The first-order valence-electron chi connectivity index (χ1n) is 7.64. The molecule has 0 spiro atoms. The van der Waals surface area contributed by atoms with Crippen LogP contribution in [0.15, 0.2) is 45.9 Å². The van der Waals surface area contributed by atoms with Crippen molar-refractivity contribution in [1.29, 1.82) is 10.5 Å². The van der Waals surface area contributed by atoms with Crippen molar-refractivity contribution in [2.75, 3.05) is 7.11 Å². The van der Waals surface area contributed by atoms with Crippen LogP contribution < -0.4 is 5.32 Å². The Bertz CT molecular complexity index is 976. The number of aromatic amines is 1. The minimum Gasteiger partial charge on any atom is -0.399 e. The largest absolute Gasteiger partial charge is 0.399 e. The van der Waals surface area contributed by atoms with Crippen molar-refractivity contribution < 1.29 is 4.84 Å². The van der Waals surface area contributed by atoms with Crippen molar-refractivity contribution in [3.63, 3.8) is 0 Å². The number of hydrogen-bond donors (Lipinski definition) is 2. The van der Waals surface area contributed by atoms with E-state index in [9.17, 15) is 10.5 Å². The smallest absolute Gasteiger partial charge is 0.106 e. The molecular formula is C18H16N6O. The highest BCUT2D eigenvalue weighted by molar-refractivity contribution is 5.97. The Morgan fingerprint density at radius 1 is 1.20 bits per heavy atom. The van der Waals surface area contributed by atoms with Crippen LogP contribution in [0.5, 0.6) is 0 Å². The van der Waals surface area contributed by atoms with Crippen molar-refractivity contribution in [2.45, 2.75) is 19.8 Å². The van der Waals surface area contributed by atoms with Crippen LogP contribution >= 0.6 is 0 Å². The van der Waals surface area contributed by atoms with Crippen molar-refractivity contribution in [3.8, 4) is 12.1 Å². The monoisotopic (exact) mass is 332 g/mol. The lowest BCUT2D eigenvalue weighted by Crippen LogP contribution is -2.23. The zero-order chi connectivity index (χ0) is 18.0. The van der Waals surface area contributed by atoms with E-state index in [1.807, 2.05) is 32.0 Å². The number of H-pyrrole nitrogens is 1. The molecule has 0 saturated carbocycles. The van der Waals surface area contributed by atoms with Gasteiger partial charge in [-0.25, -0.2) is 0 Å². The van der Waals surface area contributed by atoms with Crippen LogP contribution in [-0.4, -0.2) is 23.5 Å². The number of allylic oxidation sites excluding steroid dienone is 4. The summed E-state index contributed by atoms with van der Waals surface area (Å²) in [7, 11) is 1.47. The summed E-state index contributed by atoms with van der Waals surface area (Å²) >= 11 is 0. The number of oxime groups is 1. The summed E-state index contributed by atoms with van der Waals surface area (Å²) in [5, 5.41) is 34.1. The molecule has 2 aromatic rings. The molecular weight excluding hydrogens is 316 g/mol. The van der Waals surface area contributed by atoms with E-state index in [1.54, 1.807) is 6.21 Å². The fraction of sp³-hybridized carbons (Fsp3) is 0.222. The second-order valence-electron chi connectivity index (χ2n) is 5.69. The summed E-state index contributed by atoms with van der Waals surface area (Å²) in [6.07, 6.45) is 1.54. The molecule has 1 aromatic carbocycles. The minimum atomic E-state index is -0.400. The number of benzene rings is 1. The fourth-order valence-electron chi connectivity index (χ4n) is 3.05. The summed E-state index contributed by atoms with van der Waals surface area (Å²) in [6, 6.07) is 10.2. The van der Waals surface area contributed by atoms with E-state index in [0.717, 1.165) is 27.9 Å². The number of nitrogens with one attached hydrogen (secondary N) is 2. The lowest BCUT2D eigenvalue weighted by atomic mass is 9.81. The second-order valence-corrected chi connectivity index (χ2v) is 5.69. The molecule has 0 bridgehead atoms. The summed E-state index contributed by atoms with van der Waals surface area (Å²) in [5.74, 6) is -0.400. The first-order chi connectivity index (χ1) is 12.1. The SMILES string of the molecule is CO/N=C/c1[nH]nc2ccc(C3C(C#N)=C(C)NC(C)=C3C#N)cc12. The van der Waals surface area contributed by atoms with Crippen molar-refractivity contribution >= 4 is 17.1 Å². The Morgan fingerprint density at radius 2 is 1.88 bits per heavy atom. The third kappa shape index (κ3) is 2.73. The van der Waals surface area contributed by atoms with Gasteiger partial charge >= 0.3 is 0 Å². The van der Waals surface area contributed by atoms with Crippen LogP contribution in [0.25, 0.3) is 10.9 Å². The molecule has 3 rings (SSSR count). The lowest BCUT2D eigenvalue weighted by molar-refractivity contribution is 0.215. The maximum absolute atomic E-state index is 9.60. The van der Waals surface area contributed by atoms with E-state index < -0.39 is 5.92 Å². The Morgan fingerprint density at radius 3 is 2.48 bits per heavy atom. The van der Waals surface area contributed by atoms with Crippen molar-refractivity contribution in [3.05, 3.63) is 52.0 Å². The number of dihydropyridines is 1. The highest BCUT2D eigenvalue weighted by Crippen LogP contribution is 2.38. The van der Waals surface area contributed by atoms with Crippen molar-refractivity contribution in [2.24, 2.45) is 5.16 Å². The third-order valence-corrected chi connectivity index (χ3v) is 4.23. The molecule has 1 aliphatic heterocycles. The quantitative estimate of drug-likeness (QED) is 0.663. The van der Waals surface area contributed by atoms with Gasteiger partial charge < -0.3 is 10.2 Å². The van der Waals surface area contributed by atoms with Gasteiger partial charge in [-0.3, -0.25) is 5.10 Å². The maximum Gasteiger partial charge on any atom is 0.106 e. The number of rotatable bonds is 3. The van der Waals surface area contributed by atoms with Crippen LogP contribution in [0.2, 0.25) is 0 Å². The number of hydrogen-bond acceptors (Lipinski definition) is 6. The topological polar surface area (TPSA) is 110 Å². The van der Waals surface area contributed by atoms with Gasteiger partial charge in [-0.15, -0.1) is 0 Å². The van der Waals surface area contributed by atoms with Crippen LogP contribution in [0.4, 0.5) is 0 Å². The average molecular weight is 332 g/mol. The Balaban J connectivity index is 2.19. The van der Waals surface area contributed by atoms with E-state index in [1.165, 1.54) is 7.11 Å². The number of nitrogens with zero attached hydrogens (tertiary/aromatic N) is 4. The van der Waals surface area contributed by atoms with Crippen molar-refractivity contribution in [1.82, 2.24) is 15.5 Å². The molecule has 1 aromatic heterocycles. The van der Waals surface area contributed by atoms with Gasteiger partial charge in [-0.2, -0.15) is 15.6 Å². The molecule has 0 unspecified atom stereocenters. The Labute approximate surface area is 144 Å². The van der Waals surface area contributed by atoms with Crippen LogP contribution in [-0.2, 0) is 4.84 Å². The van der Waals surface area contributed by atoms with E-state index >= 15 is 0 Å². The number of fused-ring (bicyclic) bond motifs is 1. The van der Waals surface area contributed by atoms with Gasteiger partial charge in [-0.1, -0.05) is 11.2 Å². The van der Waals surface area contributed by atoms with Gasteiger partial charge in [0.1, 0.15) is 7.11 Å². The van der Waals surface area contributed by atoms with Crippen LogP contribution in [0.1, 0.15) is 31.0 Å². The summed E-state index contributed by atoms with van der Waals surface area (Å²) in [4.78, 5) is 4.72. The van der Waals surface area contributed by atoms with E-state index in [2.05, 4.69) is 32.8 Å². The zero-order valence-electron chi connectivity index (χ0n) is 14.1. The highest BCUT2D eigenvalue weighted by Gasteiger charge is 2.29. The lowest BCUT2D eigenvalue weighted by Gasteiger charge is -2.26. The predicted octanol–water partition coefficient (Wildman–Crippen LogP) is 2.83. The van der Waals surface area contributed by atoms with E-state index in [4.69, 9.17) is 4.84 Å². The Hall–Kier alpha value is -3.58. The van der Waals surface area contributed by atoms with Gasteiger partial charge in [0.15, 0.2) is 0 Å². The third-order valence-electron chi connectivity index (χ3n) is 4.23. The van der Waals surface area contributed by atoms with E-state index in [0.29, 0.717) is 16.8 Å². The molecule has 0 radical (unpaired) electrons. The standard InChI is InChI=1S/C18H16N6O/c1-10-14(7-19)18(15(8-20)11(2)22-10)12-4-5-16-13(6-12)17(24-23-16)9-21-25-3/h4-6,9,18,22H,1-3H3,(H,23,24)/b21-9+. The molecule has 7 nitrogen and oxygen atoms in total. The first-order valence-corrected chi connectivity index (χ1v) is 7.64. The molecule has 2 N–H and O–H groups in total. The average Bonchev–Trinajstić information content (AvgIpc) is 3.01. The molecule has 0 aliphatic carbocycles. The van der Waals surface area contributed by atoms with Gasteiger partial charge in [0, 0.05) is 16.8 Å². The van der Waals surface area contributed by atoms with Gasteiger partial charge in [0.25, 0.3) is 0 Å². The van der Waals surface area contributed by atoms with Crippen LogP contribution in [0.3, 0.4) is 0 Å². The molecule has 1 aliphatic rings. The fourth-order valence-corrected chi connectivity index (χ4v) is 3.05. The van der Waals surface area contributed by atoms with Gasteiger partial charge in [0.2, 0.25) is 0 Å². The summed E-state index contributed by atoms with van der Waals surface area (Å²) < 4.78 is 0. The number of aromatic nitrogens is 2.